The maximum absolute atomic E-state index is 14.4. The monoisotopic (exact) mass is 377 g/mol. The third kappa shape index (κ3) is 4.81. The lowest BCUT2D eigenvalue weighted by atomic mass is 9.89. The van der Waals surface area contributed by atoms with Gasteiger partial charge >= 0.3 is 5.97 Å². The van der Waals surface area contributed by atoms with Gasteiger partial charge in [-0.3, -0.25) is 9.59 Å². The minimum atomic E-state index is -0.998. The molecule has 2 aromatic rings. The molecule has 2 aromatic carbocycles. The van der Waals surface area contributed by atoms with Crippen LogP contribution in [0.15, 0.2) is 36.4 Å². The lowest BCUT2D eigenvalue weighted by Gasteiger charge is -2.19. The molecule has 0 saturated carbocycles. The van der Waals surface area contributed by atoms with Crippen LogP contribution in [0.5, 0.6) is 5.75 Å². The summed E-state index contributed by atoms with van der Waals surface area (Å²) in [5, 5.41) is 11.6. The number of halogens is 2. The van der Waals surface area contributed by atoms with E-state index in [1.807, 2.05) is 0 Å². The Morgan fingerprint density at radius 2 is 1.81 bits per heavy atom. The predicted octanol–water partition coefficient (Wildman–Crippen LogP) is 3.87. The number of carboxylic acids is 1. The van der Waals surface area contributed by atoms with Crippen molar-refractivity contribution in [3.05, 3.63) is 53.6 Å². The number of nitrogens with one attached hydrogen (secondary N) is 1. The zero-order valence-electron chi connectivity index (χ0n) is 15.3. The maximum atomic E-state index is 14.4. The number of benzene rings is 2. The Labute approximate surface area is 156 Å². The average Bonchev–Trinajstić information content (AvgIpc) is 2.61. The Morgan fingerprint density at radius 1 is 1.11 bits per heavy atom. The van der Waals surface area contributed by atoms with Gasteiger partial charge in [-0.05, 0) is 50.1 Å². The highest BCUT2D eigenvalue weighted by atomic mass is 19.1. The molecule has 5 nitrogen and oxygen atoms in total. The second-order valence-corrected chi connectivity index (χ2v) is 6.74. The van der Waals surface area contributed by atoms with Crippen LogP contribution in [0.2, 0.25) is 0 Å². The van der Waals surface area contributed by atoms with E-state index in [-0.39, 0.29) is 29.7 Å². The zero-order chi connectivity index (χ0) is 20.2. The van der Waals surface area contributed by atoms with Crippen LogP contribution in [0.1, 0.15) is 30.6 Å². The molecule has 7 heteroatoms. The first-order valence-corrected chi connectivity index (χ1v) is 8.31. The molecule has 1 amide bonds. The lowest BCUT2D eigenvalue weighted by Crippen LogP contribution is -2.32. The largest absolute Gasteiger partial charge is 0.497 e. The van der Waals surface area contributed by atoms with Crippen molar-refractivity contribution in [2.75, 3.05) is 13.7 Å². The molecule has 0 aliphatic rings. The van der Waals surface area contributed by atoms with Crippen molar-refractivity contribution in [3.63, 3.8) is 0 Å². The molecule has 0 spiro atoms. The number of carboxylic acid groups (broad SMARTS) is 1. The molecule has 0 saturated heterocycles. The summed E-state index contributed by atoms with van der Waals surface area (Å²) in [4.78, 5) is 23.2. The minimum absolute atomic E-state index is 0.0897. The number of aliphatic carboxylic acids is 1. The van der Waals surface area contributed by atoms with Crippen molar-refractivity contribution in [1.82, 2.24) is 5.32 Å². The van der Waals surface area contributed by atoms with Crippen LogP contribution < -0.4 is 10.1 Å². The third-order valence-corrected chi connectivity index (χ3v) is 4.32. The fourth-order valence-electron chi connectivity index (χ4n) is 2.41. The first-order chi connectivity index (χ1) is 12.7. The Hall–Kier alpha value is -2.96. The smallest absolute Gasteiger partial charge is 0.309 e. The minimum Gasteiger partial charge on any atom is -0.497 e. The Balaban J connectivity index is 2.12. The van der Waals surface area contributed by atoms with Gasteiger partial charge in [-0.25, -0.2) is 8.78 Å². The van der Waals surface area contributed by atoms with E-state index in [9.17, 15) is 18.4 Å². The van der Waals surface area contributed by atoms with Crippen LogP contribution >= 0.6 is 0 Å². The fraction of sp³-hybridized carbons (Fsp3) is 0.300. The van der Waals surface area contributed by atoms with Crippen LogP contribution in [-0.2, 0) is 4.79 Å². The molecule has 0 aliphatic heterocycles. The molecule has 27 heavy (non-hydrogen) atoms. The first-order valence-electron chi connectivity index (χ1n) is 8.31. The van der Waals surface area contributed by atoms with Crippen molar-refractivity contribution in [2.24, 2.45) is 5.41 Å². The number of amides is 1. The number of ether oxygens (including phenoxy) is 1. The number of hydrogen-bond acceptors (Lipinski definition) is 3. The van der Waals surface area contributed by atoms with Gasteiger partial charge in [0, 0.05) is 18.2 Å². The molecule has 0 unspecified atom stereocenters. The molecule has 144 valence electrons. The summed E-state index contributed by atoms with van der Waals surface area (Å²) >= 11 is 0. The van der Waals surface area contributed by atoms with Gasteiger partial charge < -0.3 is 15.2 Å². The van der Waals surface area contributed by atoms with E-state index in [0.29, 0.717) is 5.75 Å². The molecule has 0 bridgehead atoms. The normalized spacial score (nSPS) is 11.1. The molecule has 0 heterocycles. The number of methoxy groups -OCH3 is 1. The van der Waals surface area contributed by atoms with Crippen LogP contribution in [-0.4, -0.2) is 30.6 Å². The van der Waals surface area contributed by atoms with E-state index in [4.69, 9.17) is 9.84 Å². The first kappa shape index (κ1) is 20.4. The lowest BCUT2D eigenvalue weighted by molar-refractivity contribution is -0.147. The van der Waals surface area contributed by atoms with Crippen LogP contribution in [0.25, 0.3) is 11.1 Å². The van der Waals surface area contributed by atoms with E-state index in [2.05, 4.69) is 5.32 Å². The van der Waals surface area contributed by atoms with Crippen LogP contribution in [0.3, 0.4) is 0 Å². The second kappa shape index (κ2) is 8.16. The van der Waals surface area contributed by atoms with Crippen molar-refractivity contribution in [2.45, 2.75) is 20.3 Å². The third-order valence-electron chi connectivity index (χ3n) is 4.32. The highest BCUT2D eigenvalue weighted by Crippen LogP contribution is 2.27. The zero-order valence-corrected chi connectivity index (χ0v) is 15.3. The summed E-state index contributed by atoms with van der Waals surface area (Å²) in [6.07, 6.45) is 0.199. The molecule has 2 rings (SSSR count). The fourth-order valence-corrected chi connectivity index (χ4v) is 2.41. The Bertz CT molecular complexity index is 865. The molecular formula is C20H21F2NO4. The van der Waals surface area contributed by atoms with E-state index < -0.39 is 28.9 Å². The standard InChI is InChI=1S/C20H21F2NO4/c1-20(2,19(25)26)8-9-23-18(24)15-6-4-12(10-16(15)21)14-7-5-13(27-3)11-17(14)22/h4-7,10-11H,8-9H2,1-3H3,(H,23,24)(H,25,26). The summed E-state index contributed by atoms with van der Waals surface area (Å²) in [7, 11) is 1.42. The SMILES string of the molecule is COc1ccc(-c2ccc(C(=O)NCCC(C)(C)C(=O)O)c(F)c2)c(F)c1. The molecule has 0 radical (unpaired) electrons. The van der Waals surface area contributed by atoms with Crippen molar-refractivity contribution >= 4 is 11.9 Å². The van der Waals surface area contributed by atoms with Crippen molar-refractivity contribution in [3.8, 4) is 16.9 Å². The van der Waals surface area contributed by atoms with Gasteiger partial charge in [-0.2, -0.15) is 0 Å². The van der Waals surface area contributed by atoms with Crippen LogP contribution in [0.4, 0.5) is 8.78 Å². The maximum Gasteiger partial charge on any atom is 0.309 e. The Morgan fingerprint density at radius 3 is 2.37 bits per heavy atom. The van der Waals surface area contributed by atoms with Gasteiger partial charge in [0.15, 0.2) is 0 Å². The Kier molecular flexibility index (Phi) is 6.15. The van der Waals surface area contributed by atoms with Gasteiger partial charge in [-0.1, -0.05) is 6.07 Å². The molecule has 0 atom stereocenters. The number of carbonyl (C=O) groups is 2. The van der Waals surface area contributed by atoms with E-state index in [1.54, 1.807) is 19.9 Å². The highest BCUT2D eigenvalue weighted by Gasteiger charge is 2.26. The van der Waals surface area contributed by atoms with E-state index in [1.165, 1.54) is 31.4 Å². The summed E-state index contributed by atoms with van der Waals surface area (Å²) in [5.74, 6) is -2.65. The second-order valence-electron chi connectivity index (χ2n) is 6.74. The molecule has 0 fully saturated rings. The van der Waals surface area contributed by atoms with E-state index in [0.717, 1.165) is 6.07 Å². The summed E-state index contributed by atoms with van der Waals surface area (Å²) in [6.45, 7) is 3.17. The topological polar surface area (TPSA) is 75.6 Å². The molecule has 0 aromatic heterocycles. The highest BCUT2D eigenvalue weighted by molar-refractivity contribution is 5.95. The van der Waals surface area contributed by atoms with Crippen molar-refractivity contribution < 1.29 is 28.2 Å². The molecule has 2 N–H and O–H groups in total. The van der Waals surface area contributed by atoms with Gasteiger partial charge in [0.2, 0.25) is 0 Å². The number of rotatable bonds is 7. The number of hydrogen-bond donors (Lipinski definition) is 2. The van der Waals surface area contributed by atoms with E-state index >= 15 is 0 Å². The molecule has 0 aliphatic carbocycles. The summed E-state index contributed by atoms with van der Waals surface area (Å²) in [6, 6.07) is 8.02. The van der Waals surface area contributed by atoms with Gasteiger partial charge in [-0.15, -0.1) is 0 Å². The van der Waals surface area contributed by atoms with Gasteiger partial charge in [0.1, 0.15) is 17.4 Å². The van der Waals surface area contributed by atoms with Crippen molar-refractivity contribution in [1.29, 1.82) is 0 Å². The van der Waals surface area contributed by atoms with Gasteiger partial charge in [0.05, 0.1) is 18.1 Å². The molecular weight excluding hydrogens is 356 g/mol. The van der Waals surface area contributed by atoms with Gasteiger partial charge in [0.25, 0.3) is 5.91 Å². The number of carbonyl (C=O) groups excluding carboxylic acids is 1. The summed E-state index contributed by atoms with van der Waals surface area (Å²) in [5.41, 5.74) is -0.719. The average molecular weight is 377 g/mol. The summed E-state index contributed by atoms with van der Waals surface area (Å²) < 4.78 is 33.4. The quantitative estimate of drug-likeness (QED) is 0.768. The van der Waals surface area contributed by atoms with Crippen LogP contribution in [0, 0.1) is 17.0 Å². The predicted molar refractivity (Wildman–Crippen MR) is 96.7 cm³/mol.